The van der Waals surface area contributed by atoms with Gasteiger partial charge < -0.3 is 5.32 Å². The van der Waals surface area contributed by atoms with Crippen LogP contribution in [0.25, 0.3) is 0 Å². The molecule has 0 fully saturated rings. The van der Waals surface area contributed by atoms with Crippen LogP contribution < -0.4 is 5.32 Å². The van der Waals surface area contributed by atoms with E-state index in [0.717, 1.165) is 19.5 Å². The SMILES string of the molecule is CC#CCCNCc1ccc(Br)c(C)c1. The first kappa shape index (κ1) is 12.3. The van der Waals surface area contributed by atoms with Gasteiger partial charge in [-0.25, -0.2) is 0 Å². The minimum Gasteiger partial charge on any atom is -0.312 e. The van der Waals surface area contributed by atoms with Gasteiger partial charge in [-0.3, -0.25) is 0 Å². The van der Waals surface area contributed by atoms with Crippen LogP contribution >= 0.6 is 15.9 Å². The first-order valence-electron chi connectivity index (χ1n) is 5.09. The van der Waals surface area contributed by atoms with E-state index in [-0.39, 0.29) is 0 Å². The van der Waals surface area contributed by atoms with Crippen molar-refractivity contribution in [2.24, 2.45) is 0 Å². The minimum absolute atomic E-state index is 0.916. The molecule has 0 saturated heterocycles. The molecule has 80 valence electrons. The molecule has 1 nitrogen and oxygen atoms in total. The Morgan fingerprint density at radius 2 is 2.20 bits per heavy atom. The Kier molecular flexibility index (Phi) is 5.45. The maximum Gasteiger partial charge on any atom is 0.0214 e. The lowest BCUT2D eigenvalue weighted by Crippen LogP contribution is -2.14. The molecular weight excluding hydrogens is 250 g/mol. The standard InChI is InChI=1S/C13H16BrN/c1-3-4-5-8-15-10-12-6-7-13(14)11(2)9-12/h6-7,9,15H,5,8,10H2,1-2H3. The van der Waals surface area contributed by atoms with Gasteiger partial charge in [0.15, 0.2) is 0 Å². The highest BCUT2D eigenvalue weighted by Gasteiger charge is 1.96. The Hall–Kier alpha value is -0.780. The average Bonchev–Trinajstić information content (AvgIpc) is 2.23. The van der Waals surface area contributed by atoms with Gasteiger partial charge in [0, 0.05) is 24.0 Å². The van der Waals surface area contributed by atoms with Gasteiger partial charge >= 0.3 is 0 Å². The number of hydrogen-bond acceptors (Lipinski definition) is 1. The van der Waals surface area contributed by atoms with Crippen LogP contribution in [0.1, 0.15) is 24.5 Å². The summed E-state index contributed by atoms with van der Waals surface area (Å²) in [6, 6.07) is 6.43. The van der Waals surface area contributed by atoms with E-state index in [0.29, 0.717) is 0 Å². The number of aryl methyl sites for hydroxylation is 1. The maximum absolute atomic E-state index is 3.49. The number of hydrogen-bond donors (Lipinski definition) is 1. The summed E-state index contributed by atoms with van der Waals surface area (Å²) in [5.41, 5.74) is 2.60. The normalized spacial score (nSPS) is 9.53. The third-order valence-electron chi connectivity index (χ3n) is 2.16. The van der Waals surface area contributed by atoms with Crippen molar-refractivity contribution in [3.63, 3.8) is 0 Å². The van der Waals surface area contributed by atoms with E-state index in [9.17, 15) is 0 Å². The van der Waals surface area contributed by atoms with Crippen LogP contribution in [0.4, 0.5) is 0 Å². The lowest BCUT2D eigenvalue weighted by molar-refractivity contribution is 0.701. The fourth-order valence-electron chi connectivity index (χ4n) is 1.33. The highest BCUT2D eigenvalue weighted by molar-refractivity contribution is 9.10. The molecule has 0 aromatic heterocycles. The van der Waals surface area contributed by atoms with Crippen molar-refractivity contribution in [3.05, 3.63) is 33.8 Å². The fraction of sp³-hybridized carbons (Fsp3) is 0.385. The van der Waals surface area contributed by atoms with E-state index in [1.165, 1.54) is 15.6 Å². The Morgan fingerprint density at radius 3 is 2.87 bits per heavy atom. The van der Waals surface area contributed by atoms with Crippen LogP contribution in [0, 0.1) is 18.8 Å². The lowest BCUT2D eigenvalue weighted by Gasteiger charge is -2.05. The fourth-order valence-corrected chi connectivity index (χ4v) is 1.57. The lowest BCUT2D eigenvalue weighted by atomic mass is 10.1. The molecule has 0 spiro atoms. The van der Waals surface area contributed by atoms with Crippen LogP contribution in [0.3, 0.4) is 0 Å². The minimum atomic E-state index is 0.916. The highest BCUT2D eigenvalue weighted by atomic mass is 79.9. The van der Waals surface area contributed by atoms with Gasteiger partial charge in [0.05, 0.1) is 0 Å². The molecule has 0 aliphatic carbocycles. The molecule has 1 aromatic rings. The van der Waals surface area contributed by atoms with Crippen LogP contribution in [-0.4, -0.2) is 6.54 Å². The smallest absolute Gasteiger partial charge is 0.0214 e. The van der Waals surface area contributed by atoms with Gasteiger partial charge in [-0.2, -0.15) is 0 Å². The maximum atomic E-state index is 3.49. The van der Waals surface area contributed by atoms with Crippen molar-refractivity contribution in [3.8, 4) is 11.8 Å². The summed E-state index contributed by atoms with van der Waals surface area (Å²) in [7, 11) is 0. The molecule has 1 aromatic carbocycles. The van der Waals surface area contributed by atoms with Crippen molar-refractivity contribution in [2.45, 2.75) is 26.8 Å². The van der Waals surface area contributed by atoms with E-state index in [4.69, 9.17) is 0 Å². The molecule has 0 radical (unpaired) electrons. The molecule has 1 rings (SSSR count). The predicted octanol–water partition coefficient (Wildman–Crippen LogP) is 3.26. The highest BCUT2D eigenvalue weighted by Crippen LogP contribution is 2.16. The summed E-state index contributed by atoms with van der Waals surface area (Å²) in [6.45, 7) is 5.85. The van der Waals surface area contributed by atoms with Crippen LogP contribution in [0.5, 0.6) is 0 Å². The van der Waals surface area contributed by atoms with Gasteiger partial charge in [-0.1, -0.05) is 28.1 Å². The monoisotopic (exact) mass is 265 g/mol. The zero-order valence-corrected chi connectivity index (χ0v) is 10.8. The van der Waals surface area contributed by atoms with Crippen LogP contribution in [-0.2, 0) is 6.54 Å². The molecular formula is C13H16BrN. The van der Waals surface area contributed by atoms with Crippen molar-refractivity contribution >= 4 is 15.9 Å². The Labute approximate surface area is 100 Å². The van der Waals surface area contributed by atoms with Crippen LogP contribution in [0.2, 0.25) is 0 Å². The third-order valence-corrected chi connectivity index (χ3v) is 3.04. The summed E-state index contributed by atoms with van der Waals surface area (Å²) < 4.78 is 1.17. The molecule has 0 aliphatic heterocycles. The Morgan fingerprint density at radius 1 is 1.40 bits per heavy atom. The van der Waals surface area contributed by atoms with E-state index in [1.807, 2.05) is 6.92 Å². The van der Waals surface area contributed by atoms with Gasteiger partial charge in [0.2, 0.25) is 0 Å². The van der Waals surface area contributed by atoms with E-state index in [1.54, 1.807) is 0 Å². The molecule has 0 saturated carbocycles. The molecule has 15 heavy (non-hydrogen) atoms. The molecule has 0 aliphatic rings. The van der Waals surface area contributed by atoms with Crippen molar-refractivity contribution in [1.82, 2.24) is 5.32 Å². The summed E-state index contributed by atoms with van der Waals surface area (Å²) in [6.07, 6.45) is 0.923. The molecule has 0 unspecified atom stereocenters. The second-order valence-corrected chi connectivity index (χ2v) is 4.29. The van der Waals surface area contributed by atoms with Crippen LogP contribution in [0.15, 0.2) is 22.7 Å². The van der Waals surface area contributed by atoms with E-state index >= 15 is 0 Å². The first-order valence-corrected chi connectivity index (χ1v) is 5.88. The van der Waals surface area contributed by atoms with E-state index in [2.05, 4.69) is 58.2 Å². The number of halogens is 1. The molecule has 0 heterocycles. The molecule has 0 atom stereocenters. The Bertz CT molecular complexity index is 374. The second kappa shape index (κ2) is 6.66. The summed E-state index contributed by atoms with van der Waals surface area (Å²) in [5, 5.41) is 3.37. The first-order chi connectivity index (χ1) is 7.24. The molecule has 0 bridgehead atoms. The summed E-state index contributed by atoms with van der Waals surface area (Å²) in [5.74, 6) is 5.92. The predicted molar refractivity (Wildman–Crippen MR) is 68.7 cm³/mol. The number of benzene rings is 1. The number of rotatable bonds is 4. The summed E-state index contributed by atoms with van der Waals surface area (Å²) >= 11 is 3.49. The molecule has 0 amide bonds. The zero-order valence-electron chi connectivity index (χ0n) is 9.23. The van der Waals surface area contributed by atoms with Gasteiger partial charge in [-0.05, 0) is 31.0 Å². The summed E-state index contributed by atoms with van der Waals surface area (Å²) in [4.78, 5) is 0. The molecule has 2 heteroatoms. The van der Waals surface area contributed by atoms with Gasteiger partial charge in [0.1, 0.15) is 0 Å². The zero-order chi connectivity index (χ0) is 11.1. The molecule has 1 N–H and O–H groups in total. The quantitative estimate of drug-likeness (QED) is 0.651. The van der Waals surface area contributed by atoms with Crippen molar-refractivity contribution < 1.29 is 0 Å². The van der Waals surface area contributed by atoms with Crippen molar-refractivity contribution in [1.29, 1.82) is 0 Å². The van der Waals surface area contributed by atoms with Gasteiger partial charge in [0.25, 0.3) is 0 Å². The largest absolute Gasteiger partial charge is 0.312 e. The third kappa shape index (κ3) is 4.51. The van der Waals surface area contributed by atoms with Crippen molar-refractivity contribution in [2.75, 3.05) is 6.54 Å². The van der Waals surface area contributed by atoms with Gasteiger partial charge in [-0.15, -0.1) is 11.8 Å². The topological polar surface area (TPSA) is 12.0 Å². The Balaban J connectivity index is 2.36. The average molecular weight is 266 g/mol. The second-order valence-electron chi connectivity index (χ2n) is 3.44. The van der Waals surface area contributed by atoms with E-state index < -0.39 is 0 Å². The number of nitrogens with one attached hydrogen (secondary N) is 1.